The molecule has 2 aromatic rings. The van der Waals surface area contributed by atoms with Crippen molar-refractivity contribution in [1.82, 2.24) is 20.1 Å². The van der Waals surface area contributed by atoms with Crippen LogP contribution in [0, 0.1) is 0 Å². The number of nitrogens with zero attached hydrogens (tertiary/aromatic N) is 2. The molecule has 8 nitrogen and oxygen atoms in total. The minimum atomic E-state index is -1.38. The summed E-state index contributed by atoms with van der Waals surface area (Å²) in [5, 5.41) is 6.57. The number of amides is 2. The third-order valence-electron chi connectivity index (χ3n) is 4.29. The van der Waals surface area contributed by atoms with Gasteiger partial charge in [0, 0.05) is 18.1 Å². The lowest BCUT2D eigenvalue weighted by atomic mass is 10.0. The highest BCUT2D eigenvalue weighted by atomic mass is 16.2. The molecule has 2 heterocycles. The van der Waals surface area contributed by atoms with E-state index in [2.05, 4.69) is 15.4 Å². The van der Waals surface area contributed by atoms with E-state index < -0.39 is 22.9 Å². The Morgan fingerprint density at radius 1 is 1.44 bits per heavy atom. The SMILES string of the molecule is CCC(C)c1ccc(C(=O)NC(C)(Cn2cccn2)C(N)=O)c(=O)[nH]1. The Labute approximate surface area is 145 Å². The summed E-state index contributed by atoms with van der Waals surface area (Å²) in [6, 6.07) is 4.87. The lowest BCUT2D eigenvalue weighted by Gasteiger charge is -2.27. The zero-order chi connectivity index (χ0) is 18.6. The van der Waals surface area contributed by atoms with Crippen LogP contribution in [0.1, 0.15) is 49.2 Å². The maximum atomic E-state index is 12.5. The number of pyridine rings is 1. The Bertz CT molecular complexity index is 812. The first-order valence-electron chi connectivity index (χ1n) is 8.10. The second-order valence-corrected chi connectivity index (χ2v) is 6.32. The van der Waals surface area contributed by atoms with E-state index in [1.165, 1.54) is 17.7 Å². The van der Waals surface area contributed by atoms with Crippen LogP contribution in [-0.2, 0) is 11.3 Å². The number of nitrogens with one attached hydrogen (secondary N) is 2. The van der Waals surface area contributed by atoms with Gasteiger partial charge in [0.25, 0.3) is 11.5 Å². The minimum Gasteiger partial charge on any atom is -0.368 e. The van der Waals surface area contributed by atoms with Gasteiger partial charge in [-0.15, -0.1) is 0 Å². The highest BCUT2D eigenvalue weighted by molar-refractivity contribution is 5.98. The van der Waals surface area contributed by atoms with Crippen molar-refractivity contribution >= 4 is 11.8 Å². The second kappa shape index (κ2) is 7.33. The summed E-state index contributed by atoms with van der Waals surface area (Å²) < 4.78 is 1.49. The zero-order valence-corrected chi connectivity index (χ0v) is 14.6. The molecule has 0 saturated heterocycles. The summed E-state index contributed by atoms with van der Waals surface area (Å²) in [5.41, 5.74) is 4.26. The molecule has 0 aliphatic rings. The number of aromatic amines is 1. The van der Waals surface area contributed by atoms with Gasteiger partial charge in [-0.3, -0.25) is 19.1 Å². The van der Waals surface area contributed by atoms with Crippen LogP contribution in [0.4, 0.5) is 0 Å². The number of hydrogen-bond donors (Lipinski definition) is 3. The lowest BCUT2D eigenvalue weighted by molar-refractivity contribution is -0.124. The van der Waals surface area contributed by atoms with Crippen molar-refractivity contribution in [2.75, 3.05) is 0 Å². The van der Waals surface area contributed by atoms with E-state index in [1.54, 1.807) is 24.5 Å². The molecule has 134 valence electrons. The molecular weight excluding hydrogens is 322 g/mol. The lowest BCUT2D eigenvalue weighted by Crippen LogP contribution is -2.58. The predicted octanol–water partition coefficient (Wildman–Crippen LogP) is 0.759. The molecule has 0 radical (unpaired) electrons. The number of nitrogens with two attached hydrogens (primary N) is 1. The second-order valence-electron chi connectivity index (χ2n) is 6.32. The summed E-state index contributed by atoms with van der Waals surface area (Å²) in [4.78, 5) is 39.3. The van der Waals surface area contributed by atoms with Crippen molar-refractivity contribution in [3.05, 3.63) is 52.2 Å². The van der Waals surface area contributed by atoms with E-state index in [9.17, 15) is 14.4 Å². The van der Waals surface area contributed by atoms with Gasteiger partial charge in [0.2, 0.25) is 5.91 Å². The van der Waals surface area contributed by atoms with Crippen molar-refractivity contribution in [3.8, 4) is 0 Å². The van der Waals surface area contributed by atoms with Gasteiger partial charge in [0.1, 0.15) is 11.1 Å². The minimum absolute atomic E-state index is 0.0595. The zero-order valence-electron chi connectivity index (χ0n) is 14.6. The van der Waals surface area contributed by atoms with Crippen LogP contribution in [0.5, 0.6) is 0 Å². The van der Waals surface area contributed by atoms with Gasteiger partial charge in [-0.1, -0.05) is 13.8 Å². The molecule has 2 unspecified atom stereocenters. The fourth-order valence-electron chi connectivity index (χ4n) is 2.39. The van der Waals surface area contributed by atoms with Crippen molar-refractivity contribution in [1.29, 1.82) is 0 Å². The number of hydrogen-bond acceptors (Lipinski definition) is 4. The quantitative estimate of drug-likeness (QED) is 0.685. The first-order chi connectivity index (χ1) is 11.8. The summed E-state index contributed by atoms with van der Waals surface area (Å²) in [6.45, 7) is 5.55. The van der Waals surface area contributed by atoms with Gasteiger partial charge in [-0.05, 0) is 37.5 Å². The molecule has 0 fully saturated rings. The molecule has 8 heteroatoms. The van der Waals surface area contributed by atoms with E-state index in [4.69, 9.17) is 5.73 Å². The van der Waals surface area contributed by atoms with E-state index in [-0.39, 0.29) is 18.0 Å². The first kappa shape index (κ1) is 18.4. The Kier molecular flexibility index (Phi) is 5.41. The smallest absolute Gasteiger partial charge is 0.261 e. The number of rotatable bonds is 7. The van der Waals surface area contributed by atoms with E-state index in [0.29, 0.717) is 0 Å². The van der Waals surface area contributed by atoms with E-state index in [0.717, 1.165) is 12.1 Å². The van der Waals surface area contributed by atoms with Gasteiger partial charge in [-0.25, -0.2) is 0 Å². The maximum Gasteiger partial charge on any atom is 0.261 e. The molecule has 0 saturated carbocycles. The molecule has 0 aliphatic heterocycles. The monoisotopic (exact) mass is 345 g/mol. The molecule has 2 atom stereocenters. The van der Waals surface area contributed by atoms with Gasteiger partial charge >= 0.3 is 0 Å². The van der Waals surface area contributed by atoms with E-state index >= 15 is 0 Å². The molecule has 2 rings (SSSR count). The average Bonchev–Trinajstić information content (AvgIpc) is 3.06. The van der Waals surface area contributed by atoms with Crippen LogP contribution in [0.25, 0.3) is 0 Å². The number of carbonyl (C=O) groups excluding carboxylic acids is 2. The van der Waals surface area contributed by atoms with Crippen LogP contribution >= 0.6 is 0 Å². The maximum absolute atomic E-state index is 12.5. The number of aromatic nitrogens is 3. The van der Waals surface area contributed by atoms with Crippen LogP contribution in [0.3, 0.4) is 0 Å². The Morgan fingerprint density at radius 2 is 2.16 bits per heavy atom. The standard InChI is InChI=1S/C17H23N5O3/c1-4-11(2)13-7-6-12(14(23)20-13)15(24)21-17(3,16(18)25)10-22-9-5-8-19-22/h5-9,11H,4,10H2,1-3H3,(H2,18,25)(H,20,23)(H,21,24). The predicted molar refractivity (Wildman–Crippen MR) is 93.1 cm³/mol. The fourth-order valence-corrected chi connectivity index (χ4v) is 2.39. The van der Waals surface area contributed by atoms with Crippen molar-refractivity contribution in [3.63, 3.8) is 0 Å². The normalized spacial score (nSPS) is 14.5. The fraction of sp³-hybridized carbons (Fsp3) is 0.412. The summed E-state index contributed by atoms with van der Waals surface area (Å²) in [6.07, 6.45) is 4.08. The molecule has 4 N–H and O–H groups in total. The van der Waals surface area contributed by atoms with E-state index in [1.807, 2.05) is 13.8 Å². The number of H-pyrrole nitrogens is 1. The average molecular weight is 345 g/mol. The van der Waals surface area contributed by atoms with Crippen LogP contribution in [0.2, 0.25) is 0 Å². The van der Waals surface area contributed by atoms with Crippen LogP contribution in [0.15, 0.2) is 35.4 Å². The molecule has 0 spiro atoms. The molecule has 2 aromatic heterocycles. The van der Waals surface area contributed by atoms with Crippen molar-refractivity contribution in [2.24, 2.45) is 5.73 Å². The Morgan fingerprint density at radius 3 is 2.68 bits per heavy atom. The van der Waals surface area contributed by atoms with Crippen molar-refractivity contribution in [2.45, 2.75) is 45.2 Å². The van der Waals surface area contributed by atoms with Crippen molar-refractivity contribution < 1.29 is 9.59 Å². The largest absolute Gasteiger partial charge is 0.368 e. The van der Waals surface area contributed by atoms with Gasteiger partial charge < -0.3 is 16.0 Å². The number of carbonyl (C=O) groups is 2. The number of primary amides is 1. The first-order valence-corrected chi connectivity index (χ1v) is 8.10. The Balaban J connectivity index is 2.24. The highest BCUT2D eigenvalue weighted by Gasteiger charge is 2.34. The third kappa shape index (κ3) is 4.14. The molecular formula is C17H23N5O3. The van der Waals surface area contributed by atoms with Crippen LogP contribution < -0.4 is 16.6 Å². The molecule has 0 aromatic carbocycles. The summed E-state index contributed by atoms with van der Waals surface area (Å²) >= 11 is 0. The highest BCUT2D eigenvalue weighted by Crippen LogP contribution is 2.15. The molecule has 0 aliphatic carbocycles. The van der Waals surface area contributed by atoms with Gasteiger partial charge in [-0.2, -0.15) is 5.10 Å². The molecule has 25 heavy (non-hydrogen) atoms. The van der Waals surface area contributed by atoms with Gasteiger partial charge in [0.15, 0.2) is 0 Å². The van der Waals surface area contributed by atoms with Gasteiger partial charge in [0.05, 0.1) is 6.54 Å². The molecule has 0 bridgehead atoms. The topological polar surface area (TPSA) is 123 Å². The third-order valence-corrected chi connectivity index (χ3v) is 4.29. The Hall–Kier alpha value is -2.90. The summed E-state index contributed by atoms with van der Waals surface area (Å²) in [7, 11) is 0. The van der Waals surface area contributed by atoms with Crippen LogP contribution in [-0.4, -0.2) is 32.1 Å². The summed E-state index contributed by atoms with van der Waals surface area (Å²) in [5.74, 6) is -1.20. The molecule has 2 amide bonds.